The molecule has 5 aromatic rings. The standard InChI is InChI=1S/C51H65NO7/c1-6-11-16-25-54-45-30-39-40-31-46(55-26-17-12-7-2)48(57-28-19-14-9-4)33-42(40)44-35-50(59-51(53)38-23-21-37(36-52)22-24-38)49(58-29-20-15-10-5)34-43(44)41(39)32-47(45)56-27-18-13-8-3/h21-24,30-35H,6-20,25-29H2,1-5H3. The maximum absolute atomic E-state index is 13.7. The van der Waals surface area contributed by atoms with Crippen LogP contribution in [0.1, 0.15) is 147 Å². The summed E-state index contributed by atoms with van der Waals surface area (Å²) in [7, 11) is 0. The molecule has 316 valence electrons. The first-order chi connectivity index (χ1) is 29.0. The Morgan fingerprint density at radius 2 is 0.695 bits per heavy atom. The average Bonchev–Trinajstić information content (AvgIpc) is 3.26. The first-order valence-electron chi connectivity index (χ1n) is 22.4. The summed E-state index contributed by atoms with van der Waals surface area (Å²) in [5.41, 5.74) is 0.809. The van der Waals surface area contributed by atoms with Crippen LogP contribution in [0, 0.1) is 11.3 Å². The summed E-state index contributed by atoms with van der Waals surface area (Å²) in [4.78, 5) is 13.7. The van der Waals surface area contributed by atoms with Crippen molar-refractivity contribution in [1.82, 2.24) is 0 Å². The SMILES string of the molecule is CCCCCOc1cc2c3cc(OCCCCC)c(OCCCCC)cc3c3cc(OC(=O)c4ccc(C#N)cc4)c(OCCCCC)cc3c2cc1OCCCCC. The van der Waals surface area contributed by atoms with E-state index >= 15 is 0 Å². The molecule has 5 rings (SSSR count). The maximum Gasteiger partial charge on any atom is 0.343 e. The third-order valence-corrected chi connectivity index (χ3v) is 10.6. The quantitative estimate of drug-likeness (QED) is 0.0224. The normalized spacial score (nSPS) is 11.2. The molecule has 0 bridgehead atoms. The molecule has 8 nitrogen and oxygen atoms in total. The molecule has 59 heavy (non-hydrogen) atoms. The lowest BCUT2D eigenvalue weighted by molar-refractivity contribution is 0.0728. The lowest BCUT2D eigenvalue weighted by Gasteiger charge is -2.20. The summed E-state index contributed by atoms with van der Waals surface area (Å²) >= 11 is 0. The van der Waals surface area contributed by atoms with Crippen LogP contribution in [0.4, 0.5) is 0 Å². The van der Waals surface area contributed by atoms with E-state index in [2.05, 4.69) is 65.0 Å². The summed E-state index contributed by atoms with van der Waals surface area (Å²) in [6.07, 6.45) is 15.5. The highest BCUT2D eigenvalue weighted by Gasteiger charge is 2.22. The van der Waals surface area contributed by atoms with Crippen molar-refractivity contribution in [3.05, 3.63) is 71.8 Å². The average molecular weight is 804 g/mol. The Balaban J connectivity index is 1.78. The van der Waals surface area contributed by atoms with E-state index in [-0.39, 0.29) is 0 Å². The lowest BCUT2D eigenvalue weighted by atomic mass is 9.93. The molecule has 0 saturated heterocycles. The maximum atomic E-state index is 13.7. The summed E-state index contributed by atoms with van der Waals surface area (Å²) in [6.45, 7) is 13.8. The van der Waals surface area contributed by atoms with Crippen molar-refractivity contribution in [3.63, 3.8) is 0 Å². The third-order valence-electron chi connectivity index (χ3n) is 10.6. The summed E-state index contributed by atoms with van der Waals surface area (Å²) in [5, 5.41) is 15.0. The number of carbonyl (C=O) groups excluding carboxylic acids is 1. The molecule has 8 heteroatoms. The third kappa shape index (κ3) is 12.4. The van der Waals surface area contributed by atoms with Gasteiger partial charge in [-0.05, 0) is 125 Å². The van der Waals surface area contributed by atoms with Crippen molar-refractivity contribution in [3.8, 4) is 40.6 Å². The van der Waals surface area contributed by atoms with E-state index in [0.717, 1.165) is 134 Å². The molecule has 0 radical (unpaired) electrons. The molecule has 0 unspecified atom stereocenters. The smallest absolute Gasteiger partial charge is 0.343 e. The van der Waals surface area contributed by atoms with Gasteiger partial charge in [0.2, 0.25) is 0 Å². The molecule has 0 aliphatic rings. The summed E-state index contributed by atoms with van der Waals surface area (Å²) in [5.74, 6) is 3.09. The van der Waals surface area contributed by atoms with Crippen molar-refractivity contribution < 1.29 is 33.2 Å². The van der Waals surface area contributed by atoms with Crippen molar-refractivity contribution in [2.45, 2.75) is 131 Å². The number of rotatable bonds is 27. The fourth-order valence-corrected chi connectivity index (χ4v) is 7.17. The molecule has 0 fully saturated rings. The molecule has 0 heterocycles. The Morgan fingerprint density at radius 3 is 0.966 bits per heavy atom. The van der Waals surface area contributed by atoms with Crippen LogP contribution in [0.2, 0.25) is 0 Å². The Hall–Kier alpha value is -5.16. The van der Waals surface area contributed by atoms with Gasteiger partial charge in [0.05, 0.1) is 50.2 Å². The van der Waals surface area contributed by atoms with Gasteiger partial charge in [0, 0.05) is 0 Å². The Kier molecular flexibility index (Phi) is 18.3. The lowest BCUT2D eigenvalue weighted by Crippen LogP contribution is -2.10. The van der Waals surface area contributed by atoms with Crippen LogP contribution < -0.4 is 28.4 Å². The van der Waals surface area contributed by atoms with Gasteiger partial charge >= 0.3 is 5.97 Å². The second-order valence-electron chi connectivity index (χ2n) is 15.4. The minimum absolute atomic E-state index is 0.321. The fraction of sp³-hybridized carbons (Fsp3) is 0.490. The van der Waals surface area contributed by atoms with Gasteiger partial charge in [-0.1, -0.05) is 98.8 Å². The van der Waals surface area contributed by atoms with Crippen LogP contribution >= 0.6 is 0 Å². The summed E-state index contributed by atoms with van der Waals surface area (Å²) < 4.78 is 38.7. The molecule has 0 amide bonds. The van der Waals surface area contributed by atoms with Crippen LogP contribution in [0.5, 0.6) is 34.5 Å². The van der Waals surface area contributed by atoms with Gasteiger partial charge in [-0.2, -0.15) is 5.26 Å². The van der Waals surface area contributed by atoms with Crippen LogP contribution in [0.25, 0.3) is 32.3 Å². The molecule has 0 spiro atoms. The number of hydrogen-bond acceptors (Lipinski definition) is 8. The number of nitrogens with zero attached hydrogens (tertiary/aromatic N) is 1. The van der Waals surface area contributed by atoms with Gasteiger partial charge in [0.25, 0.3) is 0 Å². The molecule has 0 aliphatic carbocycles. The second kappa shape index (κ2) is 24.1. The fourth-order valence-electron chi connectivity index (χ4n) is 7.17. The summed E-state index contributed by atoms with van der Waals surface area (Å²) in [6, 6.07) is 20.9. The molecule has 0 N–H and O–H groups in total. The highest BCUT2D eigenvalue weighted by molar-refractivity contribution is 6.27. The number of hydrogen-bond donors (Lipinski definition) is 0. The van der Waals surface area contributed by atoms with Gasteiger partial charge in [0.1, 0.15) is 0 Å². The largest absolute Gasteiger partial charge is 0.490 e. The number of esters is 1. The minimum Gasteiger partial charge on any atom is -0.490 e. The number of carbonyl (C=O) groups is 1. The van der Waals surface area contributed by atoms with Crippen molar-refractivity contribution >= 4 is 38.3 Å². The monoisotopic (exact) mass is 803 g/mol. The molecule has 5 aromatic carbocycles. The topological polar surface area (TPSA) is 96.2 Å². The van der Waals surface area contributed by atoms with Crippen molar-refractivity contribution in [2.75, 3.05) is 33.0 Å². The van der Waals surface area contributed by atoms with E-state index in [9.17, 15) is 10.1 Å². The highest BCUT2D eigenvalue weighted by Crippen LogP contribution is 2.47. The number of ether oxygens (including phenoxy) is 6. The minimum atomic E-state index is -0.535. The van der Waals surface area contributed by atoms with E-state index in [1.165, 1.54) is 0 Å². The van der Waals surface area contributed by atoms with Gasteiger partial charge < -0.3 is 28.4 Å². The molecular formula is C51H65NO7. The van der Waals surface area contributed by atoms with Crippen LogP contribution in [0.3, 0.4) is 0 Å². The molecule has 0 aromatic heterocycles. The number of nitriles is 1. The van der Waals surface area contributed by atoms with E-state index in [4.69, 9.17) is 28.4 Å². The van der Waals surface area contributed by atoms with Gasteiger partial charge in [0.15, 0.2) is 34.5 Å². The Labute approximate surface area is 352 Å². The second-order valence-corrected chi connectivity index (χ2v) is 15.4. The van der Waals surface area contributed by atoms with Crippen LogP contribution in [0.15, 0.2) is 60.7 Å². The number of benzene rings is 5. The Bertz CT molecular complexity index is 2090. The molecular weight excluding hydrogens is 739 g/mol. The zero-order valence-electron chi connectivity index (χ0n) is 36.2. The predicted molar refractivity (Wildman–Crippen MR) is 240 cm³/mol. The van der Waals surface area contributed by atoms with Crippen molar-refractivity contribution in [2.24, 2.45) is 0 Å². The van der Waals surface area contributed by atoms with Gasteiger partial charge in [-0.3, -0.25) is 0 Å². The van der Waals surface area contributed by atoms with Gasteiger partial charge in [-0.15, -0.1) is 0 Å². The number of unbranched alkanes of at least 4 members (excludes halogenated alkanes) is 10. The number of fused-ring (bicyclic) bond motifs is 6. The van der Waals surface area contributed by atoms with Crippen LogP contribution in [-0.4, -0.2) is 39.0 Å². The zero-order chi connectivity index (χ0) is 41.8. The predicted octanol–water partition coefficient (Wildman–Crippen LogP) is 14.1. The van der Waals surface area contributed by atoms with E-state index in [0.29, 0.717) is 72.9 Å². The van der Waals surface area contributed by atoms with E-state index < -0.39 is 5.97 Å². The van der Waals surface area contributed by atoms with Gasteiger partial charge in [-0.25, -0.2) is 4.79 Å². The Morgan fingerprint density at radius 1 is 0.424 bits per heavy atom. The highest BCUT2D eigenvalue weighted by atomic mass is 16.6. The first kappa shape index (κ1) is 44.9. The molecule has 0 atom stereocenters. The first-order valence-corrected chi connectivity index (χ1v) is 22.4. The van der Waals surface area contributed by atoms with E-state index in [1.54, 1.807) is 24.3 Å². The van der Waals surface area contributed by atoms with E-state index in [1.807, 2.05) is 12.1 Å². The zero-order valence-corrected chi connectivity index (χ0v) is 36.2. The molecule has 0 aliphatic heterocycles. The van der Waals surface area contributed by atoms with Crippen molar-refractivity contribution in [1.29, 1.82) is 5.26 Å². The molecule has 0 saturated carbocycles. The van der Waals surface area contributed by atoms with Crippen LogP contribution in [-0.2, 0) is 0 Å².